The van der Waals surface area contributed by atoms with Crippen LogP contribution in [0.4, 0.5) is 0 Å². The summed E-state index contributed by atoms with van der Waals surface area (Å²) < 4.78 is 24.4. The number of sulfone groups is 1. The van der Waals surface area contributed by atoms with Crippen molar-refractivity contribution in [1.82, 2.24) is 14.9 Å². The molecular formula is C12H21N3O2S. The summed E-state index contributed by atoms with van der Waals surface area (Å²) in [7, 11) is -2.87. The number of aryl methyl sites for hydroxylation is 1. The summed E-state index contributed by atoms with van der Waals surface area (Å²) >= 11 is 0. The van der Waals surface area contributed by atoms with E-state index in [4.69, 9.17) is 0 Å². The van der Waals surface area contributed by atoms with Crippen molar-refractivity contribution in [1.29, 1.82) is 0 Å². The van der Waals surface area contributed by atoms with Crippen LogP contribution >= 0.6 is 0 Å². The van der Waals surface area contributed by atoms with E-state index in [1.54, 1.807) is 6.33 Å². The topological polar surface area (TPSA) is 64.0 Å². The first kappa shape index (κ1) is 13.5. The van der Waals surface area contributed by atoms with Crippen molar-refractivity contribution < 1.29 is 8.42 Å². The van der Waals surface area contributed by atoms with Crippen LogP contribution in [0.15, 0.2) is 12.5 Å². The fourth-order valence-electron chi connectivity index (χ4n) is 2.53. The number of hydrogen-bond acceptors (Lipinski definition) is 4. The second-order valence-electron chi connectivity index (χ2n) is 5.44. The molecule has 0 radical (unpaired) electrons. The number of imidazole rings is 1. The monoisotopic (exact) mass is 271 g/mol. The van der Waals surface area contributed by atoms with Crippen LogP contribution in [0.25, 0.3) is 0 Å². The molecule has 2 rings (SSSR count). The van der Waals surface area contributed by atoms with Crippen molar-refractivity contribution in [3.8, 4) is 0 Å². The summed E-state index contributed by atoms with van der Waals surface area (Å²) in [5, 5.41) is 3.37. The highest BCUT2D eigenvalue weighted by Crippen LogP contribution is 2.29. The molecule has 1 fully saturated rings. The average molecular weight is 271 g/mol. The summed E-state index contributed by atoms with van der Waals surface area (Å²) in [5.74, 6) is 0.236. The lowest BCUT2D eigenvalue weighted by atomic mass is 9.86. The maximum Gasteiger partial charge on any atom is 0.147 e. The van der Waals surface area contributed by atoms with Crippen molar-refractivity contribution in [2.24, 2.45) is 0 Å². The Labute approximate surface area is 109 Å². The summed E-state index contributed by atoms with van der Waals surface area (Å²) in [5.41, 5.74) is 1.34. The predicted molar refractivity (Wildman–Crippen MR) is 71.4 cm³/mol. The molecule has 1 N–H and O–H groups in total. The van der Waals surface area contributed by atoms with Gasteiger partial charge >= 0.3 is 0 Å². The molecule has 1 aliphatic rings. The van der Waals surface area contributed by atoms with Crippen LogP contribution in [0.2, 0.25) is 0 Å². The maximum atomic E-state index is 11.1. The van der Waals surface area contributed by atoms with Crippen molar-refractivity contribution >= 4 is 9.84 Å². The van der Waals surface area contributed by atoms with Gasteiger partial charge in [-0.05, 0) is 19.4 Å². The largest absolute Gasteiger partial charge is 0.334 e. The standard InChI is InChI=1S/C12H21N3O2S/c1-12(4-5-13-9-12)11-8-14-10-15(11)6-3-7-18(2,16)17/h8,10,13H,3-7,9H2,1-2H3. The molecule has 1 atom stereocenters. The second kappa shape index (κ2) is 5.01. The van der Waals surface area contributed by atoms with Gasteiger partial charge in [-0.3, -0.25) is 0 Å². The van der Waals surface area contributed by atoms with Gasteiger partial charge in [-0.2, -0.15) is 0 Å². The zero-order valence-corrected chi connectivity index (χ0v) is 11.8. The van der Waals surface area contributed by atoms with E-state index in [-0.39, 0.29) is 11.2 Å². The molecule has 0 bridgehead atoms. The highest BCUT2D eigenvalue weighted by Gasteiger charge is 2.33. The van der Waals surface area contributed by atoms with Crippen molar-refractivity contribution in [3.05, 3.63) is 18.2 Å². The third kappa shape index (κ3) is 3.11. The minimum atomic E-state index is -2.87. The molecule has 1 aliphatic heterocycles. The Hall–Kier alpha value is -0.880. The molecule has 2 heterocycles. The number of nitrogens with zero attached hydrogens (tertiary/aromatic N) is 2. The minimum Gasteiger partial charge on any atom is -0.334 e. The normalized spacial score (nSPS) is 24.6. The van der Waals surface area contributed by atoms with Gasteiger partial charge in [0.1, 0.15) is 9.84 Å². The van der Waals surface area contributed by atoms with Crippen molar-refractivity contribution in [2.45, 2.75) is 31.7 Å². The summed E-state index contributed by atoms with van der Waals surface area (Å²) in [6.45, 7) is 4.95. The Kier molecular flexibility index (Phi) is 3.77. The highest BCUT2D eigenvalue weighted by molar-refractivity contribution is 7.90. The van der Waals surface area contributed by atoms with E-state index in [0.29, 0.717) is 6.42 Å². The average Bonchev–Trinajstić information content (AvgIpc) is 2.85. The van der Waals surface area contributed by atoms with E-state index in [9.17, 15) is 8.42 Å². The van der Waals surface area contributed by atoms with Gasteiger partial charge in [0.05, 0.1) is 12.1 Å². The number of aromatic nitrogens is 2. The highest BCUT2D eigenvalue weighted by atomic mass is 32.2. The molecular weight excluding hydrogens is 250 g/mol. The van der Waals surface area contributed by atoms with E-state index in [1.807, 2.05) is 6.20 Å². The van der Waals surface area contributed by atoms with Crippen LogP contribution < -0.4 is 5.32 Å². The van der Waals surface area contributed by atoms with Gasteiger partial charge < -0.3 is 9.88 Å². The zero-order chi connectivity index (χ0) is 13.2. The summed E-state index contributed by atoms with van der Waals surface area (Å²) in [4.78, 5) is 4.21. The van der Waals surface area contributed by atoms with Gasteiger partial charge in [0.15, 0.2) is 0 Å². The fraction of sp³-hybridized carbons (Fsp3) is 0.750. The van der Waals surface area contributed by atoms with Crippen LogP contribution in [0, 0.1) is 0 Å². The molecule has 1 aromatic rings. The maximum absolute atomic E-state index is 11.1. The third-order valence-electron chi connectivity index (χ3n) is 3.61. The molecule has 0 aromatic carbocycles. The molecule has 1 aromatic heterocycles. The SMILES string of the molecule is CC1(c2cncn2CCCS(C)(=O)=O)CCNC1. The summed E-state index contributed by atoms with van der Waals surface area (Å²) in [6, 6.07) is 0. The van der Waals surface area contributed by atoms with Gasteiger partial charge in [0.25, 0.3) is 0 Å². The quantitative estimate of drug-likeness (QED) is 0.850. The molecule has 6 heteroatoms. The van der Waals surface area contributed by atoms with Crippen molar-refractivity contribution in [2.75, 3.05) is 25.1 Å². The zero-order valence-electron chi connectivity index (χ0n) is 11.0. The molecule has 0 saturated carbocycles. The molecule has 0 aliphatic carbocycles. The van der Waals surface area contributed by atoms with Crippen LogP contribution in [-0.2, 0) is 21.8 Å². The Morgan fingerprint density at radius 3 is 2.94 bits per heavy atom. The van der Waals surface area contributed by atoms with E-state index >= 15 is 0 Å². The number of nitrogens with one attached hydrogen (secondary N) is 1. The minimum absolute atomic E-state index is 0.127. The lowest BCUT2D eigenvalue weighted by Crippen LogP contribution is -2.28. The first-order chi connectivity index (χ1) is 8.41. The van der Waals surface area contributed by atoms with Crippen LogP contribution in [0.3, 0.4) is 0 Å². The Balaban J connectivity index is 2.04. The number of hydrogen-bond donors (Lipinski definition) is 1. The first-order valence-corrected chi connectivity index (χ1v) is 8.36. The summed E-state index contributed by atoms with van der Waals surface area (Å²) in [6.07, 6.45) is 6.75. The van der Waals surface area contributed by atoms with E-state index in [1.165, 1.54) is 11.9 Å². The molecule has 102 valence electrons. The lowest BCUT2D eigenvalue weighted by molar-refractivity contribution is 0.470. The van der Waals surface area contributed by atoms with Gasteiger partial charge in [-0.1, -0.05) is 6.92 Å². The Morgan fingerprint density at radius 1 is 1.56 bits per heavy atom. The molecule has 18 heavy (non-hydrogen) atoms. The molecule has 1 unspecified atom stereocenters. The first-order valence-electron chi connectivity index (χ1n) is 6.30. The lowest BCUT2D eigenvalue weighted by Gasteiger charge is -2.24. The predicted octanol–water partition coefficient (Wildman–Crippen LogP) is 0.569. The Bertz CT molecular complexity index is 501. The Morgan fingerprint density at radius 2 is 2.33 bits per heavy atom. The van der Waals surface area contributed by atoms with Gasteiger partial charge in [-0.25, -0.2) is 13.4 Å². The van der Waals surface area contributed by atoms with Crippen LogP contribution in [0.1, 0.15) is 25.5 Å². The molecule has 0 spiro atoms. The molecule has 0 amide bonds. The van der Waals surface area contributed by atoms with Crippen molar-refractivity contribution in [3.63, 3.8) is 0 Å². The number of rotatable bonds is 5. The second-order valence-corrected chi connectivity index (χ2v) is 7.70. The van der Waals surface area contributed by atoms with Crippen LogP contribution in [0.5, 0.6) is 0 Å². The smallest absolute Gasteiger partial charge is 0.147 e. The van der Waals surface area contributed by atoms with Crippen LogP contribution in [-0.4, -0.2) is 43.1 Å². The molecule has 1 saturated heterocycles. The van der Waals surface area contributed by atoms with Gasteiger partial charge in [0, 0.05) is 36.7 Å². The molecule has 5 nitrogen and oxygen atoms in total. The van der Waals surface area contributed by atoms with E-state index < -0.39 is 9.84 Å². The van der Waals surface area contributed by atoms with Gasteiger partial charge in [-0.15, -0.1) is 0 Å². The van der Waals surface area contributed by atoms with E-state index in [0.717, 1.165) is 26.1 Å². The third-order valence-corrected chi connectivity index (χ3v) is 4.64. The van der Waals surface area contributed by atoms with Gasteiger partial charge in [0.2, 0.25) is 0 Å². The van der Waals surface area contributed by atoms with E-state index in [2.05, 4.69) is 21.8 Å². The fourth-order valence-corrected chi connectivity index (χ4v) is 3.19.